The van der Waals surface area contributed by atoms with Crippen molar-refractivity contribution in [3.8, 4) is 17.2 Å². The van der Waals surface area contributed by atoms with E-state index in [2.05, 4.69) is 72.8 Å². The Labute approximate surface area is 184 Å². The molecule has 2 N–H and O–H groups in total. The van der Waals surface area contributed by atoms with Crippen molar-refractivity contribution in [1.82, 2.24) is 0 Å². The molecule has 162 valence electrons. The molecule has 0 spiro atoms. The highest BCUT2D eigenvalue weighted by molar-refractivity contribution is 5.49. The molecular formula is C26H31N2O3+. The van der Waals surface area contributed by atoms with Crippen LogP contribution in [-0.4, -0.2) is 34.5 Å². The second kappa shape index (κ2) is 9.75. The number of hydrogen-bond donors (Lipinski definition) is 1. The molecule has 0 bridgehead atoms. The number of rotatable bonds is 9. The predicted molar refractivity (Wildman–Crippen MR) is 123 cm³/mol. The molecule has 0 saturated heterocycles. The van der Waals surface area contributed by atoms with Crippen molar-refractivity contribution < 1.29 is 19.5 Å². The maximum atomic E-state index is 5.68. The first kappa shape index (κ1) is 21.1. The van der Waals surface area contributed by atoms with Gasteiger partial charge in [-0.25, -0.2) is 0 Å². The number of nitrogens with zero attached hydrogens (tertiary/aromatic N) is 1. The van der Waals surface area contributed by atoms with Crippen molar-refractivity contribution in [2.45, 2.75) is 18.9 Å². The summed E-state index contributed by atoms with van der Waals surface area (Å²) in [6.07, 6.45) is 0.996. The van der Waals surface area contributed by atoms with E-state index in [-0.39, 0.29) is 5.92 Å². The largest absolute Gasteiger partial charge is 0.496 e. The third kappa shape index (κ3) is 4.94. The first-order valence-corrected chi connectivity index (χ1v) is 10.8. The second-order valence-corrected chi connectivity index (χ2v) is 8.04. The van der Waals surface area contributed by atoms with Crippen LogP contribution < -0.4 is 24.4 Å². The molecule has 3 aromatic carbocycles. The minimum Gasteiger partial charge on any atom is -0.496 e. The van der Waals surface area contributed by atoms with Crippen LogP contribution >= 0.6 is 0 Å². The first-order valence-electron chi connectivity index (χ1n) is 10.8. The van der Waals surface area contributed by atoms with Gasteiger partial charge in [0, 0.05) is 43.2 Å². The highest BCUT2D eigenvalue weighted by atomic mass is 16.7. The number of hydrogen-bond acceptors (Lipinski definition) is 4. The summed E-state index contributed by atoms with van der Waals surface area (Å²) in [6, 6.07) is 23.3. The Morgan fingerprint density at radius 2 is 1.74 bits per heavy atom. The molecule has 0 amide bonds. The van der Waals surface area contributed by atoms with Gasteiger partial charge in [-0.2, -0.15) is 0 Å². The molecule has 5 nitrogen and oxygen atoms in total. The second-order valence-electron chi connectivity index (χ2n) is 8.04. The van der Waals surface area contributed by atoms with Crippen molar-refractivity contribution in [1.29, 1.82) is 0 Å². The standard InChI is InChI=1S/C26H30N2O3/c1-28(2)21-11-8-19(9-12-21)17-27-15-14-22(23-6-4-5-7-24(23)29-3)20-10-13-25-26(16-20)31-18-30-25/h4-13,16,22,27H,14-15,17-18H2,1-3H3/p+1/t22-/m1/s1. The summed E-state index contributed by atoms with van der Waals surface area (Å²) in [5.74, 6) is 2.78. The minimum atomic E-state index is 0.220. The molecule has 4 rings (SSSR count). The van der Waals surface area contributed by atoms with Crippen LogP contribution in [0.15, 0.2) is 66.7 Å². The molecule has 0 radical (unpaired) electrons. The van der Waals surface area contributed by atoms with Gasteiger partial charge in [0.15, 0.2) is 11.5 Å². The smallest absolute Gasteiger partial charge is 0.231 e. The van der Waals surface area contributed by atoms with Gasteiger partial charge in [0.2, 0.25) is 6.79 Å². The molecule has 0 fully saturated rings. The SMILES string of the molecule is COc1ccccc1[C@H](CC[NH2+]Cc1ccc(N(C)C)cc1)c1ccc2c(c1)OCO2. The third-order valence-electron chi connectivity index (χ3n) is 5.81. The molecule has 1 aliphatic heterocycles. The average molecular weight is 420 g/mol. The number of nitrogens with two attached hydrogens (primary N) is 1. The number of ether oxygens (including phenoxy) is 3. The number of fused-ring (bicyclic) bond motifs is 1. The normalized spacial score (nSPS) is 13.1. The molecule has 0 aliphatic carbocycles. The van der Waals surface area contributed by atoms with E-state index in [0.29, 0.717) is 6.79 Å². The van der Waals surface area contributed by atoms with E-state index in [9.17, 15) is 0 Å². The van der Waals surface area contributed by atoms with Crippen molar-refractivity contribution in [3.05, 3.63) is 83.4 Å². The van der Waals surface area contributed by atoms with Crippen LogP contribution in [-0.2, 0) is 6.54 Å². The monoisotopic (exact) mass is 419 g/mol. The van der Waals surface area contributed by atoms with Crippen molar-refractivity contribution in [2.75, 3.05) is 39.4 Å². The summed E-state index contributed by atoms with van der Waals surface area (Å²) in [4.78, 5) is 2.12. The summed E-state index contributed by atoms with van der Waals surface area (Å²) < 4.78 is 16.8. The van der Waals surface area contributed by atoms with Crippen LogP contribution in [0.3, 0.4) is 0 Å². The van der Waals surface area contributed by atoms with Crippen molar-refractivity contribution in [2.24, 2.45) is 0 Å². The summed E-state index contributed by atoms with van der Waals surface area (Å²) >= 11 is 0. The van der Waals surface area contributed by atoms with Gasteiger partial charge in [-0.05, 0) is 35.9 Å². The van der Waals surface area contributed by atoms with Gasteiger partial charge in [0.25, 0.3) is 0 Å². The zero-order valence-corrected chi connectivity index (χ0v) is 18.5. The Hall–Kier alpha value is -3.18. The molecule has 1 atom stereocenters. The molecule has 0 unspecified atom stereocenters. The van der Waals surface area contributed by atoms with Gasteiger partial charge in [-0.15, -0.1) is 0 Å². The summed E-state index contributed by atoms with van der Waals surface area (Å²) in [7, 11) is 5.86. The van der Waals surface area contributed by atoms with E-state index in [1.54, 1.807) is 7.11 Å². The maximum absolute atomic E-state index is 5.68. The number of anilines is 1. The lowest BCUT2D eigenvalue weighted by molar-refractivity contribution is -0.671. The molecule has 0 aromatic heterocycles. The van der Waals surface area contributed by atoms with Crippen LogP contribution in [0.2, 0.25) is 0 Å². The Morgan fingerprint density at radius 1 is 0.968 bits per heavy atom. The van der Waals surface area contributed by atoms with Crippen molar-refractivity contribution >= 4 is 5.69 Å². The minimum absolute atomic E-state index is 0.220. The van der Waals surface area contributed by atoms with E-state index < -0.39 is 0 Å². The number of methoxy groups -OCH3 is 1. The molecule has 3 aromatic rings. The van der Waals surface area contributed by atoms with E-state index >= 15 is 0 Å². The molecule has 1 aliphatic rings. The fraction of sp³-hybridized carbons (Fsp3) is 0.308. The van der Waals surface area contributed by atoms with Gasteiger partial charge in [0.05, 0.1) is 13.7 Å². The predicted octanol–water partition coefficient (Wildman–Crippen LogP) is 3.78. The Balaban J connectivity index is 1.47. The van der Waals surface area contributed by atoms with Gasteiger partial charge >= 0.3 is 0 Å². The first-order chi connectivity index (χ1) is 15.2. The van der Waals surface area contributed by atoms with Crippen molar-refractivity contribution in [3.63, 3.8) is 0 Å². The fourth-order valence-corrected chi connectivity index (χ4v) is 4.07. The van der Waals surface area contributed by atoms with Gasteiger partial charge in [-0.3, -0.25) is 0 Å². The Bertz CT molecular complexity index is 1000. The number of quaternary nitrogens is 1. The lowest BCUT2D eigenvalue weighted by Gasteiger charge is -2.20. The zero-order chi connectivity index (χ0) is 21.6. The van der Waals surface area contributed by atoms with Gasteiger partial charge < -0.3 is 24.4 Å². The summed E-state index contributed by atoms with van der Waals surface area (Å²) in [6.45, 7) is 2.26. The maximum Gasteiger partial charge on any atom is 0.231 e. The lowest BCUT2D eigenvalue weighted by atomic mass is 9.87. The lowest BCUT2D eigenvalue weighted by Crippen LogP contribution is -2.82. The third-order valence-corrected chi connectivity index (χ3v) is 5.81. The van der Waals surface area contributed by atoms with Gasteiger partial charge in [-0.1, -0.05) is 36.4 Å². The zero-order valence-electron chi connectivity index (χ0n) is 18.5. The molecule has 5 heteroatoms. The van der Waals surface area contributed by atoms with E-state index in [0.717, 1.165) is 36.8 Å². The van der Waals surface area contributed by atoms with Crippen LogP contribution in [0.25, 0.3) is 0 Å². The number of para-hydroxylation sites is 1. The van der Waals surface area contributed by atoms with Gasteiger partial charge in [0.1, 0.15) is 12.3 Å². The fourth-order valence-electron chi connectivity index (χ4n) is 4.07. The summed E-state index contributed by atoms with van der Waals surface area (Å²) in [5, 5.41) is 2.38. The quantitative estimate of drug-likeness (QED) is 0.537. The highest BCUT2D eigenvalue weighted by Crippen LogP contribution is 2.39. The van der Waals surface area contributed by atoms with Crippen LogP contribution in [0.5, 0.6) is 17.2 Å². The number of benzene rings is 3. The molecule has 0 saturated carbocycles. The van der Waals surface area contributed by atoms with Crippen LogP contribution in [0.4, 0.5) is 5.69 Å². The topological polar surface area (TPSA) is 47.5 Å². The van der Waals surface area contributed by atoms with E-state index in [1.165, 1.54) is 22.4 Å². The molecule has 31 heavy (non-hydrogen) atoms. The summed E-state index contributed by atoms with van der Waals surface area (Å²) in [5.41, 5.74) is 4.98. The molecule has 1 heterocycles. The highest BCUT2D eigenvalue weighted by Gasteiger charge is 2.22. The van der Waals surface area contributed by atoms with E-state index in [1.807, 2.05) is 18.2 Å². The Morgan fingerprint density at radius 3 is 2.52 bits per heavy atom. The Kier molecular flexibility index (Phi) is 6.63. The van der Waals surface area contributed by atoms with E-state index in [4.69, 9.17) is 14.2 Å². The van der Waals surface area contributed by atoms with Crippen LogP contribution in [0.1, 0.15) is 29.0 Å². The molecular weight excluding hydrogens is 388 g/mol. The average Bonchev–Trinajstić information content (AvgIpc) is 3.27. The van der Waals surface area contributed by atoms with Crippen LogP contribution in [0, 0.1) is 0 Å².